The van der Waals surface area contributed by atoms with Gasteiger partial charge in [0.05, 0.1) is 27.7 Å². The van der Waals surface area contributed by atoms with E-state index in [0.29, 0.717) is 32.8 Å². The van der Waals surface area contributed by atoms with E-state index in [1.165, 1.54) is 0 Å². The van der Waals surface area contributed by atoms with E-state index in [4.69, 9.17) is 28.2 Å². The maximum absolute atomic E-state index is 12.2. The number of benzene rings is 4. The molecule has 1 heterocycles. The summed E-state index contributed by atoms with van der Waals surface area (Å²) >= 11 is 12.8. The molecule has 0 aliphatic carbocycles. The molecule has 0 saturated heterocycles. The predicted octanol–water partition coefficient (Wildman–Crippen LogP) is 7.88. The first-order chi connectivity index (χ1) is 16.5. The van der Waals surface area contributed by atoms with Crippen molar-refractivity contribution in [1.29, 1.82) is 0 Å². The monoisotopic (exact) mass is 484 g/mol. The van der Waals surface area contributed by atoms with Crippen LogP contribution in [0.4, 0.5) is 0 Å². The van der Waals surface area contributed by atoms with E-state index in [1.807, 2.05) is 71.3 Å². The van der Waals surface area contributed by atoms with Gasteiger partial charge in [-0.2, -0.15) is 0 Å². The topological polar surface area (TPSA) is 55.1 Å². The first kappa shape index (κ1) is 22.0. The standard InChI is InChI=1S/C28H18Cl2N2O2/c29-20-15-16-21(23(30)17-20)27-31-25(18-9-3-1-4-10-18)26(19-11-5-2-6-12-19)32(27)24-14-8-7-13-22(24)28(33)34/h1-17H,(H,33,34). The lowest BCUT2D eigenvalue weighted by Gasteiger charge is -2.16. The summed E-state index contributed by atoms with van der Waals surface area (Å²) in [6.07, 6.45) is 0. The average molecular weight is 485 g/mol. The van der Waals surface area contributed by atoms with E-state index in [2.05, 4.69) is 0 Å². The number of rotatable bonds is 5. The van der Waals surface area contributed by atoms with Gasteiger partial charge in [0.1, 0.15) is 5.82 Å². The molecule has 4 aromatic carbocycles. The molecule has 0 atom stereocenters. The Bertz CT molecular complexity index is 1500. The molecule has 5 rings (SSSR count). The molecule has 0 radical (unpaired) electrons. The summed E-state index contributed by atoms with van der Waals surface area (Å²) in [5, 5.41) is 10.9. The highest BCUT2D eigenvalue weighted by Gasteiger charge is 2.25. The third kappa shape index (κ3) is 3.98. The second-order valence-corrected chi connectivity index (χ2v) is 8.49. The third-order valence-corrected chi connectivity index (χ3v) is 6.07. The highest BCUT2D eigenvalue weighted by molar-refractivity contribution is 6.36. The van der Waals surface area contributed by atoms with Gasteiger partial charge in [-0.1, -0.05) is 96.0 Å². The summed E-state index contributed by atoms with van der Waals surface area (Å²) < 4.78 is 1.87. The van der Waals surface area contributed by atoms with Gasteiger partial charge in [-0.05, 0) is 30.3 Å². The van der Waals surface area contributed by atoms with Crippen LogP contribution in [0.5, 0.6) is 0 Å². The second kappa shape index (κ2) is 9.18. The van der Waals surface area contributed by atoms with E-state index in [1.54, 1.807) is 36.4 Å². The van der Waals surface area contributed by atoms with Crippen LogP contribution in [-0.2, 0) is 0 Å². The minimum atomic E-state index is -1.03. The maximum atomic E-state index is 12.2. The fourth-order valence-electron chi connectivity index (χ4n) is 4.02. The molecule has 166 valence electrons. The fourth-order valence-corrected chi connectivity index (χ4v) is 4.51. The SMILES string of the molecule is O=C(O)c1ccccc1-n1c(-c2ccc(Cl)cc2Cl)nc(-c2ccccc2)c1-c1ccccc1. The number of hydrogen-bond acceptors (Lipinski definition) is 2. The fraction of sp³-hybridized carbons (Fsp3) is 0. The Morgan fingerprint density at radius 3 is 2.03 bits per heavy atom. The molecule has 34 heavy (non-hydrogen) atoms. The van der Waals surface area contributed by atoms with Crippen molar-refractivity contribution in [2.45, 2.75) is 0 Å². The number of imidazole rings is 1. The third-order valence-electron chi connectivity index (χ3n) is 5.52. The molecule has 0 unspecified atom stereocenters. The Morgan fingerprint density at radius 2 is 1.38 bits per heavy atom. The molecule has 0 spiro atoms. The van der Waals surface area contributed by atoms with Gasteiger partial charge < -0.3 is 5.11 Å². The summed E-state index contributed by atoms with van der Waals surface area (Å²) in [5.41, 5.74) is 4.57. The Hall–Kier alpha value is -3.86. The molecule has 5 aromatic rings. The molecule has 4 nitrogen and oxygen atoms in total. The first-order valence-corrected chi connectivity index (χ1v) is 11.3. The van der Waals surface area contributed by atoms with Gasteiger partial charge >= 0.3 is 5.97 Å². The molecule has 0 aliphatic heterocycles. The number of carboxylic acids is 1. The molecule has 0 aliphatic rings. The Kier molecular flexibility index (Phi) is 5.93. The minimum Gasteiger partial charge on any atom is -0.478 e. The van der Waals surface area contributed by atoms with Gasteiger partial charge in [0.2, 0.25) is 0 Å². The highest BCUT2D eigenvalue weighted by atomic mass is 35.5. The number of aromatic carboxylic acids is 1. The predicted molar refractivity (Wildman–Crippen MR) is 137 cm³/mol. The normalized spacial score (nSPS) is 10.9. The van der Waals surface area contributed by atoms with E-state index >= 15 is 0 Å². The lowest BCUT2D eigenvalue weighted by molar-refractivity contribution is 0.0697. The van der Waals surface area contributed by atoms with Crippen LogP contribution >= 0.6 is 23.2 Å². The van der Waals surface area contributed by atoms with Gasteiger partial charge in [-0.15, -0.1) is 0 Å². The van der Waals surface area contributed by atoms with Crippen molar-refractivity contribution in [3.8, 4) is 39.6 Å². The molecule has 6 heteroatoms. The van der Waals surface area contributed by atoms with Gasteiger partial charge in [0, 0.05) is 21.7 Å². The van der Waals surface area contributed by atoms with Gasteiger partial charge in [-0.25, -0.2) is 9.78 Å². The average Bonchev–Trinajstić information content (AvgIpc) is 3.25. The Morgan fingerprint density at radius 1 is 0.765 bits per heavy atom. The Labute approximate surface area is 206 Å². The van der Waals surface area contributed by atoms with Crippen molar-refractivity contribution in [2.24, 2.45) is 0 Å². The van der Waals surface area contributed by atoms with Crippen LogP contribution in [0.25, 0.3) is 39.6 Å². The van der Waals surface area contributed by atoms with Crippen molar-refractivity contribution >= 4 is 29.2 Å². The first-order valence-electron chi connectivity index (χ1n) is 10.6. The zero-order valence-corrected chi connectivity index (χ0v) is 19.3. The molecule has 0 bridgehead atoms. The second-order valence-electron chi connectivity index (χ2n) is 7.65. The van der Waals surface area contributed by atoms with Crippen LogP contribution in [0, 0.1) is 0 Å². The van der Waals surface area contributed by atoms with Crippen LogP contribution in [0.2, 0.25) is 10.0 Å². The smallest absolute Gasteiger partial charge is 0.337 e. The maximum Gasteiger partial charge on any atom is 0.337 e. The summed E-state index contributed by atoms with van der Waals surface area (Å²) in [5.74, 6) is -0.509. The number of aromatic nitrogens is 2. The Balaban J connectivity index is 1.95. The van der Waals surface area contributed by atoms with Gasteiger partial charge in [0.15, 0.2) is 0 Å². The molecular formula is C28H18Cl2N2O2. The largest absolute Gasteiger partial charge is 0.478 e. The van der Waals surface area contributed by atoms with Crippen LogP contribution in [0.3, 0.4) is 0 Å². The quantitative estimate of drug-likeness (QED) is 0.276. The van der Waals surface area contributed by atoms with Crippen LogP contribution < -0.4 is 0 Å². The number of hydrogen-bond donors (Lipinski definition) is 1. The zero-order valence-electron chi connectivity index (χ0n) is 17.8. The molecule has 1 aromatic heterocycles. The molecule has 0 saturated carbocycles. The molecule has 0 fully saturated rings. The summed E-state index contributed by atoms with van der Waals surface area (Å²) in [6, 6.07) is 31.7. The van der Waals surface area contributed by atoms with E-state index in [-0.39, 0.29) is 5.56 Å². The van der Waals surface area contributed by atoms with Crippen molar-refractivity contribution < 1.29 is 9.90 Å². The van der Waals surface area contributed by atoms with Crippen molar-refractivity contribution in [2.75, 3.05) is 0 Å². The van der Waals surface area contributed by atoms with Gasteiger partial charge in [-0.3, -0.25) is 4.57 Å². The molecular weight excluding hydrogens is 467 g/mol. The molecule has 0 amide bonds. The summed E-state index contributed by atoms with van der Waals surface area (Å²) in [6.45, 7) is 0. The number of carboxylic acid groups (broad SMARTS) is 1. The van der Waals surface area contributed by atoms with Crippen LogP contribution in [0.1, 0.15) is 10.4 Å². The number of carbonyl (C=O) groups is 1. The van der Waals surface area contributed by atoms with Gasteiger partial charge in [0.25, 0.3) is 0 Å². The van der Waals surface area contributed by atoms with Crippen LogP contribution in [0.15, 0.2) is 103 Å². The van der Waals surface area contributed by atoms with Crippen LogP contribution in [-0.4, -0.2) is 20.6 Å². The van der Waals surface area contributed by atoms with E-state index in [0.717, 1.165) is 16.8 Å². The zero-order chi connectivity index (χ0) is 23.7. The van der Waals surface area contributed by atoms with E-state index < -0.39 is 5.97 Å². The van der Waals surface area contributed by atoms with Crippen molar-refractivity contribution in [1.82, 2.24) is 9.55 Å². The molecule has 1 N–H and O–H groups in total. The van der Waals surface area contributed by atoms with Crippen molar-refractivity contribution in [3.63, 3.8) is 0 Å². The number of para-hydroxylation sites is 1. The number of nitrogens with zero attached hydrogens (tertiary/aromatic N) is 2. The minimum absolute atomic E-state index is 0.156. The van der Waals surface area contributed by atoms with Crippen molar-refractivity contribution in [3.05, 3.63) is 119 Å². The summed E-state index contributed by atoms with van der Waals surface area (Å²) in [4.78, 5) is 17.2. The van der Waals surface area contributed by atoms with E-state index in [9.17, 15) is 9.90 Å². The summed E-state index contributed by atoms with van der Waals surface area (Å²) in [7, 11) is 0. The highest BCUT2D eigenvalue weighted by Crippen LogP contribution is 2.41. The number of halogens is 2. The lowest BCUT2D eigenvalue weighted by atomic mass is 10.0. The lowest BCUT2D eigenvalue weighted by Crippen LogP contribution is -2.08.